The van der Waals surface area contributed by atoms with E-state index in [0.717, 1.165) is 24.8 Å². The van der Waals surface area contributed by atoms with Crippen LogP contribution in [0.5, 0.6) is 0 Å². The summed E-state index contributed by atoms with van der Waals surface area (Å²) in [5.74, 6) is -0.476. The maximum atomic E-state index is 13.0. The Morgan fingerprint density at radius 3 is 2.81 bits per heavy atom. The molecule has 0 aromatic heterocycles. The number of quaternary nitrogens is 1. The maximum absolute atomic E-state index is 13.0. The van der Waals surface area contributed by atoms with Crippen molar-refractivity contribution < 1.29 is 24.3 Å². The number of carbonyl (C=O) groups excluding carboxylic acids is 1. The Labute approximate surface area is 159 Å². The lowest BCUT2D eigenvalue weighted by Crippen LogP contribution is -2.84. The zero-order chi connectivity index (χ0) is 19.2. The van der Waals surface area contributed by atoms with Crippen molar-refractivity contribution in [2.45, 2.75) is 51.9 Å². The van der Waals surface area contributed by atoms with Crippen molar-refractivity contribution in [2.24, 2.45) is 23.2 Å². The highest BCUT2D eigenvalue weighted by atomic mass is 19.1. The number of ether oxygens (including phenoxy) is 1. The van der Waals surface area contributed by atoms with E-state index in [1.807, 2.05) is 0 Å². The first-order chi connectivity index (χ1) is 12.9. The second-order valence-corrected chi connectivity index (χ2v) is 8.65. The monoisotopic (exact) mass is 374 g/mol. The van der Waals surface area contributed by atoms with Crippen LogP contribution in [0.4, 0.5) is 4.39 Å². The van der Waals surface area contributed by atoms with Crippen LogP contribution >= 0.6 is 0 Å². The predicted molar refractivity (Wildman–Crippen MR) is 99.0 cm³/mol. The minimum Gasteiger partial charge on any atom is -0.461 e. The number of hydrogen-bond donors (Lipinski definition) is 2. The molecule has 0 bridgehead atoms. The quantitative estimate of drug-likeness (QED) is 0.627. The summed E-state index contributed by atoms with van der Waals surface area (Å²) in [7, 11) is 0. The molecule has 5 heteroatoms. The zero-order valence-corrected chi connectivity index (χ0v) is 16.0. The fourth-order valence-electron chi connectivity index (χ4n) is 5.38. The standard InChI is InChI=1S/C22H28FNO3/c1-13-4-3-5-15-10-18-19(20(25)22(13,15)2)17(21(26)27-18)12-24-11-14-6-8-16(23)9-7-14/h5-9,13,17-20,24-25H,3-4,10-12H2,1-2H3/p+1/t13-,17+,18-,19-,20+,22-/m1/s1. The van der Waals surface area contributed by atoms with Crippen molar-refractivity contribution in [1.82, 2.24) is 0 Å². The van der Waals surface area contributed by atoms with Gasteiger partial charge in [0.2, 0.25) is 0 Å². The van der Waals surface area contributed by atoms with Crippen molar-refractivity contribution in [3.8, 4) is 0 Å². The van der Waals surface area contributed by atoms with Gasteiger partial charge in [0, 0.05) is 23.3 Å². The van der Waals surface area contributed by atoms with E-state index in [-0.39, 0.29) is 35.1 Å². The Balaban J connectivity index is 1.48. The molecule has 27 heavy (non-hydrogen) atoms. The molecule has 4 rings (SSSR count). The van der Waals surface area contributed by atoms with Crippen LogP contribution in [0.3, 0.4) is 0 Å². The molecule has 1 aromatic carbocycles. The summed E-state index contributed by atoms with van der Waals surface area (Å²) in [6.07, 6.45) is 4.35. The molecule has 1 aromatic rings. The van der Waals surface area contributed by atoms with Crippen LogP contribution in [-0.4, -0.2) is 29.8 Å². The Morgan fingerprint density at radius 1 is 1.33 bits per heavy atom. The van der Waals surface area contributed by atoms with Gasteiger partial charge in [0.25, 0.3) is 0 Å². The number of halogens is 1. The molecule has 2 fully saturated rings. The van der Waals surface area contributed by atoms with Crippen LogP contribution < -0.4 is 5.32 Å². The lowest BCUT2D eigenvalue weighted by molar-refractivity contribution is -0.675. The second-order valence-electron chi connectivity index (χ2n) is 8.65. The lowest BCUT2D eigenvalue weighted by Gasteiger charge is -2.51. The van der Waals surface area contributed by atoms with Gasteiger partial charge in [-0.15, -0.1) is 0 Å². The van der Waals surface area contributed by atoms with Crippen LogP contribution in [0, 0.1) is 29.0 Å². The third-order valence-corrected chi connectivity index (χ3v) is 7.28. The molecule has 146 valence electrons. The number of aliphatic hydroxyl groups is 1. The smallest absolute Gasteiger partial charge is 0.315 e. The molecule has 0 amide bonds. The van der Waals surface area contributed by atoms with Crippen LogP contribution in [0.25, 0.3) is 0 Å². The van der Waals surface area contributed by atoms with Crippen LogP contribution in [0.15, 0.2) is 35.9 Å². The summed E-state index contributed by atoms with van der Waals surface area (Å²) in [5.41, 5.74) is 2.02. The van der Waals surface area contributed by atoms with Gasteiger partial charge in [-0.2, -0.15) is 0 Å². The van der Waals surface area contributed by atoms with Crippen molar-refractivity contribution in [3.05, 3.63) is 47.3 Å². The Morgan fingerprint density at radius 2 is 2.07 bits per heavy atom. The fraction of sp³-hybridized carbons (Fsp3) is 0.591. The Bertz CT molecular complexity index is 746. The number of benzene rings is 1. The topological polar surface area (TPSA) is 63.1 Å². The Kier molecular flexibility index (Phi) is 4.85. The molecule has 0 unspecified atom stereocenters. The molecule has 1 saturated heterocycles. The normalized spacial score (nSPS) is 38.0. The second kappa shape index (κ2) is 7.02. The van der Waals surface area contributed by atoms with Gasteiger partial charge in [-0.3, -0.25) is 4.79 Å². The number of fused-ring (bicyclic) bond motifs is 2. The van der Waals surface area contributed by atoms with Crippen molar-refractivity contribution >= 4 is 5.97 Å². The number of aliphatic hydroxyl groups excluding tert-OH is 1. The lowest BCUT2D eigenvalue weighted by atomic mass is 9.55. The maximum Gasteiger partial charge on any atom is 0.315 e. The van der Waals surface area contributed by atoms with E-state index in [1.165, 1.54) is 17.7 Å². The van der Waals surface area contributed by atoms with Gasteiger partial charge in [0.05, 0.1) is 12.6 Å². The number of esters is 1. The highest BCUT2D eigenvalue weighted by Crippen LogP contribution is 2.55. The molecule has 1 saturated carbocycles. The first-order valence-electron chi connectivity index (χ1n) is 10.1. The summed E-state index contributed by atoms with van der Waals surface area (Å²) in [5, 5.41) is 13.4. The van der Waals surface area contributed by atoms with Crippen LogP contribution in [0.1, 0.15) is 38.7 Å². The van der Waals surface area contributed by atoms with Gasteiger partial charge in [-0.25, -0.2) is 4.39 Å². The number of allylic oxidation sites excluding steroid dienone is 1. The number of nitrogens with two attached hydrogens (primary N) is 1. The average molecular weight is 374 g/mol. The molecule has 0 radical (unpaired) electrons. The minimum atomic E-state index is -0.562. The van der Waals surface area contributed by atoms with E-state index in [2.05, 4.69) is 25.2 Å². The van der Waals surface area contributed by atoms with Gasteiger partial charge in [0.15, 0.2) is 0 Å². The molecule has 1 heterocycles. The molecule has 3 N–H and O–H groups in total. The molecule has 0 spiro atoms. The number of rotatable bonds is 4. The van der Waals surface area contributed by atoms with Crippen molar-refractivity contribution in [3.63, 3.8) is 0 Å². The van der Waals surface area contributed by atoms with Crippen molar-refractivity contribution in [2.75, 3.05) is 6.54 Å². The molecule has 3 aliphatic rings. The highest BCUT2D eigenvalue weighted by molar-refractivity contribution is 5.76. The van der Waals surface area contributed by atoms with Crippen LogP contribution in [-0.2, 0) is 16.1 Å². The molecular weight excluding hydrogens is 345 g/mol. The summed E-state index contributed by atoms with van der Waals surface area (Å²) in [4.78, 5) is 12.5. The van der Waals surface area contributed by atoms with Gasteiger partial charge in [-0.1, -0.05) is 37.6 Å². The highest BCUT2D eigenvalue weighted by Gasteiger charge is 2.60. The van der Waals surface area contributed by atoms with Gasteiger partial charge in [0.1, 0.15) is 24.4 Å². The van der Waals surface area contributed by atoms with E-state index in [0.29, 0.717) is 19.0 Å². The zero-order valence-electron chi connectivity index (χ0n) is 16.0. The first kappa shape index (κ1) is 18.6. The van der Waals surface area contributed by atoms with E-state index < -0.39 is 6.10 Å². The predicted octanol–water partition coefficient (Wildman–Crippen LogP) is 2.17. The Hall–Kier alpha value is -1.72. The molecule has 6 atom stereocenters. The van der Waals surface area contributed by atoms with E-state index in [9.17, 15) is 14.3 Å². The van der Waals surface area contributed by atoms with Crippen molar-refractivity contribution in [1.29, 1.82) is 0 Å². The summed E-state index contributed by atoms with van der Waals surface area (Å²) < 4.78 is 18.7. The van der Waals surface area contributed by atoms with E-state index in [1.54, 1.807) is 12.1 Å². The molecular formula is C22H29FNO3+. The third-order valence-electron chi connectivity index (χ3n) is 7.28. The SMILES string of the molecule is C[C@@H]1CCC=C2C[C@H]3OC(=O)[C@@H](C[NH2+]Cc4ccc(F)cc4)[C@H]3[C@H](O)[C@@]21C. The van der Waals surface area contributed by atoms with E-state index >= 15 is 0 Å². The molecule has 2 aliphatic carbocycles. The van der Waals surface area contributed by atoms with Gasteiger partial charge >= 0.3 is 5.97 Å². The van der Waals surface area contributed by atoms with E-state index in [4.69, 9.17) is 4.74 Å². The van der Waals surface area contributed by atoms with Gasteiger partial charge < -0.3 is 15.2 Å². The average Bonchev–Trinajstić information content (AvgIpc) is 2.95. The number of carbonyl (C=O) groups is 1. The minimum absolute atomic E-state index is 0.148. The summed E-state index contributed by atoms with van der Waals surface area (Å²) >= 11 is 0. The number of hydrogen-bond acceptors (Lipinski definition) is 3. The fourth-order valence-corrected chi connectivity index (χ4v) is 5.38. The van der Waals surface area contributed by atoms with Gasteiger partial charge in [-0.05, 0) is 30.9 Å². The van der Waals surface area contributed by atoms with Crippen LogP contribution in [0.2, 0.25) is 0 Å². The third kappa shape index (κ3) is 3.11. The molecule has 4 nitrogen and oxygen atoms in total. The molecule has 1 aliphatic heterocycles. The summed E-state index contributed by atoms with van der Waals surface area (Å²) in [6.45, 7) is 5.63. The first-order valence-corrected chi connectivity index (χ1v) is 10.1. The summed E-state index contributed by atoms with van der Waals surface area (Å²) in [6, 6.07) is 6.43. The largest absolute Gasteiger partial charge is 0.461 e.